The summed E-state index contributed by atoms with van der Waals surface area (Å²) < 4.78 is 0. The van der Waals surface area contributed by atoms with Gasteiger partial charge in [-0.3, -0.25) is 19.9 Å². The fraction of sp³-hybridized carbons (Fsp3) is 0.0714. The molecule has 0 unspecified atom stereocenters. The van der Waals surface area contributed by atoms with E-state index in [9.17, 15) is 20.0 Å². The summed E-state index contributed by atoms with van der Waals surface area (Å²) >= 11 is 0. The molecule has 1 amide bonds. The summed E-state index contributed by atoms with van der Waals surface area (Å²) in [6.45, 7) is 1.80. The van der Waals surface area contributed by atoms with Gasteiger partial charge in [-0.25, -0.2) is 5.43 Å². The number of phenols is 1. The van der Waals surface area contributed by atoms with Gasteiger partial charge in [-0.2, -0.15) is 5.10 Å². The van der Waals surface area contributed by atoms with Gasteiger partial charge in [0.25, 0.3) is 5.91 Å². The molecular formula is C14H12N4O4. The predicted octanol–water partition coefficient (Wildman–Crippen LogP) is 1.77. The van der Waals surface area contributed by atoms with Gasteiger partial charge in [0.15, 0.2) is 5.75 Å². The fourth-order valence-corrected chi connectivity index (χ4v) is 1.60. The second-order valence-corrected chi connectivity index (χ2v) is 4.39. The Morgan fingerprint density at radius 2 is 2.18 bits per heavy atom. The number of nitrogens with zero attached hydrogens (tertiary/aromatic N) is 3. The number of phenolic OH excluding ortho intramolecular Hbond substituents is 1. The number of amides is 1. The number of pyridine rings is 1. The van der Waals surface area contributed by atoms with Crippen molar-refractivity contribution in [1.82, 2.24) is 10.4 Å². The number of carbonyl (C=O) groups excluding carboxylic acids is 1. The van der Waals surface area contributed by atoms with Crippen molar-refractivity contribution in [1.29, 1.82) is 0 Å². The van der Waals surface area contributed by atoms with Gasteiger partial charge in [0.1, 0.15) is 0 Å². The van der Waals surface area contributed by atoms with Crippen LogP contribution in [0.25, 0.3) is 0 Å². The summed E-state index contributed by atoms with van der Waals surface area (Å²) in [5.74, 6) is -0.881. The number of benzene rings is 1. The lowest BCUT2D eigenvalue weighted by molar-refractivity contribution is -0.385. The molecule has 1 heterocycles. The SMILES string of the molecule is Cc1ccc(C(=O)N/N=C\c2ccc(O)c([N+](=O)[O-])c2)cn1. The van der Waals surface area contributed by atoms with E-state index in [4.69, 9.17) is 0 Å². The molecule has 0 aliphatic carbocycles. The molecule has 0 bridgehead atoms. The number of aromatic hydroxyl groups is 1. The molecule has 112 valence electrons. The van der Waals surface area contributed by atoms with Crippen LogP contribution in [0.2, 0.25) is 0 Å². The summed E-state index contributed by atoms with van der Waals surface area (Å²) in [5.41, 5.74) is 3.36. The topological polar surface area (TPSA) is 118 Å². The Balaban J connectivity index is 2.06. The summed E-state index contributed by atoms with van der Waals surface area (Å²) in [4.78, 5) is 25.7. The van der Waals surface area contributed by atoms with Crippen LogP contribution in [0.4, 0.5) is 5.69 Å². The summed E-state index contributed by atoms with van der Waals surface area (Å²) in [6, 6.07) is 7.08. The number of rotatable bonds is 4. The van der Waals surface area contributed by atoms with E-state index >= 15 is 0 Å². The highest BCUT2D eigenvalue weighted by molar-refractivity contribution is 5.94. The van der Waals surface area contributed by atoms with E-state index in [2.05, 4.69) is 15.5 Å². The Morgan fingerprint density at radius 3 is 2.82 bits per heavy atom. The van der Waals surface area contributed by atoms with Crippen molar-refractivity contribution < 1.29 is 14.8 Å². The summed E-state index contributed by atoms with van der Waals surface area (Å²) in [7, 11) is 0. The maximum Gasteiger partial charge on any atom is 0.311 e. The zero-order chi connectivity index (χ0) is 16.1. The third-order valence-corrected chi connectivity index (χ3v) is 2.75. The highest BCUT2D eigenvalue weighted by Gasteiger charge is 2.12. The van der Waals surface area contributed by atoms with Crippen LogP contribution in [-0.2, 0) is 0 Å². The molecule has 0 spiro atoms. The zero-order valence-corrected chi connectivity index (χ0v) is 11.6. The molecule has 0 aliphatic heterocycles. The molecule has 0 saturated heterocycles. The van der Waals surface area contributed by atoms with Crippen molar-refractivity contribution in [3.63, 3.8) is 0 Å². The normalized spacial score (nSPS) is 10.6. The molecule has 8 heteroatoms. The molecule has 0 fully saturated rings. The molecule has 0 saturated carbocycles. The molecule has 0 aliphatic rings. The third-order valence-electron chi connectivity index (χ3n) is 2.75. The van der Waals surface area contributed by atoms with Crippen molar-refractivity contribution in [3.05, 3.63) is 63.5 Å². The first-order valence-electron chi connectivity index (χ1n) is 6.21. The van der Waals surface area contributed by atoms with Gasteiger partial charge in [-0.05, 0) is 31.2 Å². The van der Waals surface area contributed by atoms with Crippen LogP contribution in [0, 0.1) is 17.0 Å². The Hall–Kier alpha value is -3.29. The molecule has 1 aromatic carbocycles. The number of aromatic nitrogens is 1. The van der Waals surface area contributed by atoms with E-state index in [1.807, 2.05) is 0 Å². The molecular weight excluding hydrogens is 288 g/mol. The molecule has 22 heavy (non-hydrogen) atoms. The Bertz CT molecular complexity index is 741. The molecule has 0 atom stereocenters. The number of hydrogen-bond donors (Lipinski definition) is 2. The van der Waals surface area contributed by atoms with E-state index in [0.29, 0.717) is 11.1 Å². The monoisotopic (exact) mass is 300 g/mol. The smallest absolute Gasteiger partial charge is 0.311 e. The van der Waals surface area contributed by atoms with Crippen molar-refractivity contribution >= 4 is 17.8 Å². The summed E-state index contributed by atoms with van der Waals surface area (Å²) in [6.07, 6.45) is 2.66. The van der Waals surface area contributed by atoms with Gasteiger partial charge in [-0.1, -0.05) is 0 Å². The zero-order valence-electron chi connectivity index (χ0n) is 11.6. The quantitative estimate of drug-likeness (QED) is 0.507. The Kier molecular flexibility index (Phi) is 4.42. The molecule has 2 rings (SSSR count). The molecule has 2 N–H and O–H groups in total. The van der Waals surface area contributed by atoms with Gasteiger partial charge >= 0.3 is 5.69 Å². The van der Waals surface area contributed by atoms with Crippen LogP contribution >= 0.6 is 0 Å². The average molecular weight is 300 g/mol. The van der Waals surface area contributed by atoms with Crippen LogP contribution < -0.4 is 5.43 Å². The minimum Gasteiger partial charge on any atom is -0.502 e. The minimum absolute atomic E-state index is 0.347. The number of hydrazone groups is 1. The second-order valence-electron chi connectivity index (χ2n) is 4.39. The first-order valence-corrected chi connectivity index (χ1v) is 6.21. The lowest BCUT2D eigenvalue weighted by Crippen LogP contribution is -2.17. The number of nitrogens with one attached hydrogen (secondary N) is 1. The lowest BCUT2D eigenvalue weighted by atomic mass is 10.2. The lowest BCUT2D eigenvalue weighted by Gasteiger charge is -2.00. The van der Waals surface area contributed by atoms with Gasteiger partial charge < -0.3 is 5.11 Å². The average Bonchev–Trinajstić information content (AvgIpc) is 2.49. The van der Waals surface area contributed by atoms with Gasteiger partial charge in [0, 0.05) is 23.5 Å². The second kappa shape index (κ2) is 6.44. The van der Waals surface area contributed by atoms with E-state index in [0.717, 1.165) is 11.8 Å². The molecule has 2 aromatic rings. The number of hydrogen-bond acceptors (Lipinski definition) is 6. The number of nitro benzene ring substituents is 1. The van der Waals surface area contributed by atoms with Crippen molar-refractivity contribution in [3.8, 4) is 5.75 Å². The number of aryl methyl sites for hydroxylation is 1. The first-order chi connectivity index (χ1) is 10.5. The molecule has 8 nitrogen and oxygen atoms in total. The minimum atomic E-state index is -0.705. The third kappa shape index (κ3) is 3.63. The summed E-state index contributed by atoms with van der Waals surface area (Å²) in [5, 5.41) is 23.7. The Morgan fingerprint density at radius 1 is 1.41 bits per heavy atom. The van der Waals surface area contributed by atoms with Crippen LogP contribution in [0.15, 0.2) is 41.6 Å². The van der Waals surface area contributed by atoms with Gasteiger partial charge in [0.2, 0.25) is 0 Å². The number of carbonyl (C=O) groups is 1. The van der Waals surface area contributed by atoms with E-state index < -0.39 is 22.3 Å². The highest BCUT2D eigenvalue weighted by Crippen LogP contribution is 2.25. The van der Waals surface area contributed by atoms with Gasteiger partial charge in [-0.15, -0.1) is 0 Å². The van der Waals surface area contributed by atoms with E-state index in [1.54, 1.807) is 19.1 Å². The standard InChI is InChI=1S/C14H12N4O4/c1-9-2-4-11(8-15-9)14(20)17-16-7-10-3-5-13(19)12(6-10)18(21)22/h2-8,19H,1H3,(H,17,20)/b16-7-. The molecule has 1 aromatic heterocycles. The van der Waals surface area contributed by atoms with E-state index in [1.165, 1.54) is 24.5 Å². The maximum absolute atomic E-state index is 11.8. The highest BCUT2D eigenvalue weighted by atomic mass is 16.6. The number of nitro groups is 1. The van der Waals surface area contributed by atoms with Gasteiger partial charge in [0.05, 0.1) is 16.7 Å². The van der Waals surface area contributed by atoms with Crippen molar-refractivity contribution in [2.45, 2.75) is 6.92 Å². The van der Waals surface area contributed by atoms with Crippen LogP contribution in [0.3, 0.4) is 0 Å². The largest absolute Gasteiger partial charge is 0.502 e. The fourth-order valence-electron chi connectivity index (χ4n) is 1.60. The van der Waals surface area contributed by atoms with Crippen molar-refractivity contribution in [2.24, 2.45) is 5.10 Å². The molecule has 0 radical (unpaired) electrons. The van der Waals surface area contributed by atoms with E-state index in [-0.39, 0.29) is 0 Å². The first kappa shape index (κ1) is 15.1. The van der Waals surface area contributed by atoms with Crippen molar-refractivity contribution in [2.75, 3.05) is 0 Å². The van der Waals surface area contributed by atoms with Crippen LogP contribution in [0.1, 0.15) is 21.6 Å². The predicted molar refractivity (Wildman–Crippen MR) is 78.8 cm³/mol. The van der Waals surface area contributed by atoms with Crippen LogP contribution in [-0.4, -0.2) is 27.1 Å². The maximum atomic E-state index is 11.8. The Labute approximate surface area is 125 Å². The van der Waals surface area contributed by atoms with Crippen LogP contribution in [0.5, 0.6) is 5.75 Å².